The molecule has 0 saturated heterocycles. The summed E-state index contributed by atoms with van der Waals surface area (Å²) in [6.07, 6.45) is 6.89. The number of nitrogens with one attached hydrogen (secondary N) is 1. The number of pyridine rings is 1. The second-order valence-electron chi connectivity index (χ2n) is 10.1. The van der Waals surface area contributed by atoms with Gasteiger partial charge in [-0.3, -0.25) is 9.59 Å². The Hall–Kier alpha value is -2.93. The quantitative estimate of drug-likeness (QED) is 0.505. The molecule has 2 aromatic heterocycles. The molecule has 1 unspecified atom stereocenters. The van der Waals surface area contributed by atoms with E-state index in [1.807, 2.05) is 30.8 Å². The molecule has 3 aromatic rings. The van der Waals surface area contributed by atoms with Crippen LogP contribution in [0.3, 0.4) is 0 Å². The van der Waals surface area contributed by atoms with Crippen molar-refractivity contribution in [3.63, 3.8) is 0 Å². The molecule has 0 amide bonds. The minimum Gasteiger partial charge on any atom is -0.461 e. The summed E-state index contributed by atoms with van der Waals surface area (Å²) >= 11 is 0. The Balaban J connectivity index is 1.52. The minimum absolute atomic E-state index is 0.00159. The third kappa shape index (κ3) is 5.25. The van der Waals surface area contributed by atoms with Crippen LogP contribution in [-0.4, -0.2) is 32.2 Å². The summed E-state index contributed by atoms with van der Waals surface area (Å²) < 4.78 is 9.43. The van der Waals surface area contributed by atoms with Crippen LogP contribution in [0, 0.1) is 12.8 Å². The van der Waals surface area contributed by atoms with Crippen LogP contribution in [-0.2, 0) is 30.2 Å². The number of fused-ring (bicyclic) bond motifs is 1. The number of carbonyl (C=O) groups excluding carboxylic acids is 1. The first-order chi connectivity index (χ1) is 16.2. The summed E-state index contributed by atoms with van der Waals surface area (Å²) in [6.45, 7) is 6.64. The van der Waals surface area contributed by atoms with Crippen molar-refractivity contribution in [2.45, 2.75) is 71.6 Å². The molecular formula is C27H36N4O3. The normalized spacial score (nSPS) is 15.4. The van der Waals surface area contributed by atoms with Gasteiger partial charge in [0.2, 0.25) is 0 Å². The van der Waals surface area contributed by atoms with Crippen LogP contribution in [0.1, 0.15) is 57.1 Å². The molecule has 0 radical (unpaired) electrons. The van der Waals surface area contributed by atoms with Crippen LogP contribution in [0.25, 0.3) is 22.4 Å². The largest absolute Gasteiger partial charge is 0.461 e. The number of aromatic nitrogens is 3. The van der Waals surface area contributed by atoms with Gasteiger partial charge in [-0.05, 0) is 68.7 Å². The Morgan fingerprint density at radius 2 is 1.94 bits per heavy atom. The highest BCUT2D eigenvalue weighted by Gasteiger charge is 2.26. The molecule has 1 atom stereocenters. The Kier molecular flexibility index (Phi) is 7.22. The summed E-state index contributed by atoms with van der Waals surface area (Å²) in [6, 6.07) is 7.77. The molecule has 0 spiro atoms. The predicted octanol–water partition coefficient (Wildman–Crippen LogP) is 4.24. The van der Waals surface area contributed by atoms with Crippen molar-refractivity contribution in [3.05, 3.63) is 51.9 Å². The monoisotopic (exact) mass is 464 g/mol. The Morgan fingerprint density at radius 3 is 2.62 bits per heavy atom. The summed E-state index contributed by atoms with van der Waals surface area (Å²) in [5.41, 5.74) is 4.57. The molecule has 1 aromatic carbocycles. The van der Waals surface area contributed by atoms with Gasteiger partial charge in [0.1, 0.15) is 18.0 Å². The van der Waals surface area contributed by atoms with E-state index in [1.54, 1.807) is 11.6 Å². The molecule has 1 fully saturated rings. The Labute approximate surface area is 201 Å². The zero-order chi connectivity index (χ0) is 24.4. The maximum atomic E-state index is 12.8. The lowest BCUT2D eigenvalue weighted by Gasteiger charge is -2.21. The maximum absolute atomic E-state index is 12.8. The van der Waals surface area contributed by atoms with Gasteiger partial charge < -0.3 is 19.2 Å². The predicted molar refractivity (Wildman–Crippen MR) is 135 cm³/mol. The van der Waals surface area contributed by atoms with Gasteiger partial charge in [0.25, 0.3) is 5.56 Å². The molecule has 1 aliphatic carbocycles. The standard InChI is InChI=1S/C27H36N4O3/c1-17(2)12-23(27(33)34-21-8-6-7-9-21)28-15-19-10-11-24-22(14-19)29-25(31(24)5)20-13-18(3)26(32)30(4)16-20/h10-11,13-14,16-17,21,23,28H,6-9,12,15H2,1-5H3. The number of esters is 1. The minimum atomic E-state index is -0.316. The van der Waals surface area contributed by atoms with Crippen molar-refractivity contribution in [1.29, 1.82) is 0 Å². The summed E-state index contributed by atoms with van der Waals surface area (Å²) in [7, 11) is 3.75. The number of aryl methyl sites for hydroxylation is 3. The van der Waals surface area contributed by atoms with E-state index in [9.17, 15) is 9.59 Å². The molecule has 4 rings (SSSR count). The van der Waals surface area contributed by atoms with E-state index >= 15 is 0 Å². The van der Waals surface area contributed by atoms with E-state index in [0.717, 1.165) is 60.1 Å². The van der Waals surface area contributed by atoms with Crippen LogP contribution < -0.4 is 10.9 Å². The van der Waals surface area contributed by atoms with Crippen LogP contribution >= 0.6 is 0 Å². The first-order valence-corrected chi connectivity index (χ1v) is 12.3. The third-order valence-corrected chi connectivity index (χ3v) is 6.70. The van der Waals surface area contributed by atoms with E-state index < -0.39 is 0 Å². The van der Waals surface area contributed by atoms with Gasteiger partial charge >= 0.3 is 5.97 Å². The van der Waals surface area contributed by atoms with E-state index in [4.69, 9.17) is 9.72 Å². The van der Waals surface area contributed by atoms with Gasteiger partial charge in [0.15, 0.2) is 0 Å². The molecule has 1 N–H and O–H groups in total. The van der Waals surface area contributed by atoms with Crippen molar-refractivity contribution in [2.75, 3.05) is 0 Å². The zero-order valence-electron chi connectivity index (χ0n) is 20.9. The van der Waals surface area contributed by atoms with Gasteiger partial charge in [-0.1, -0.05) is 19.9 Å². The number of ether oxygens (including phenoxy) is 1. The number of carbonyl (C=O) groups is 1. The first kappa shape index (κ1) is 24.2. The number of imidazole rings is 1. The molecule has 2 heterocycles. The highest BCUT2D eigenvalue weighted by Crippen LogP contribution is 2.25. The average molecular weight is 465 g/mol. The van der Waals surface area contributed by atoms with Crippen LogP contribution in [0.5, 0.6) is 0 Å². The SMILES string of the molecule is Cc1cc(-c2nc3cc(CNC(CC(C)C)C(=O)OC4CCCC4)ccc3n2C)cn(C)c1=O. The summed E-state index contributed by atoms with van der Waals surface area (Å²) in [5, 5.41) is 3.43. The molecule has 1 aliphatic rings. The molecule has 7 heteroatoms. The number of rotatable bonds is 8. The van der Waals surface area contributed by atoms with E-state index in [2.05, 4.69) is 37.4 Å². The molecule has 182 valence electrons. The highest BCUT2D eigenvalue weighted by atomic mass is 16.5. The lowest BCUT2D eigenvalue weighted by Crippen LogP contribution is -2.40. The molecule has 7 nitrogen and oxygen atoms in total. The number of hydrogen-bond acceptors (Lipinski definition) is 5. The summed E-state index contributed by atoms with van der Waals surface area (Å²) in [4.78, 5) is 29.8. The second-order valence-corrected chi connectivity index (χ2v) is 10.1. The van der Waals surface area contributed by atoms with Gasteiger partial charge in [0.05, 0.1) is 11.0 Å². The van der Waals surface area contributed by atoms with Gasteiger partial charge in [0, 0.05) is 38.0 Å². The first-order valence-electron chi connectivity index (χ1n) is 12.3. The zero-order valence-corrected chi connectivity index (χ0v) is 20.9. The highest BCUT2D eigenvalue weighted by molar-refractivity contribution is 5.81. The molecule has 0 bridgehead atoms. The van der Waals surface area contributed by atoms with Gasteiger partial charge in [-0.25, -0.2) is 4.98 Å². The number of nitrogens with zero attached hydrogens (tertiary/aromatic N) is 3. The number of hydrogen-bond donors (Lipinski definition) is 1. The topological polar surface area (TPSA) is 78.2 Å². The Morgan fingerprint density at radius 1 is 1.21 bits per heavy atom. The molecule has 1 saturated carbocycles. The smallest absolute Gasteiger partial charge is 0.323 e. The van der Waals surface area contributed by atoms with Crippen LogP contribution in [0.15, 0.2) is 35.3 Å². The van der Waals surface area contributed by atoms with Crippen molar-refractivity contribution in [1.82, 2.24) is 19.4 Å². The lowest BCUT2D eigenvalue weighted by molar-refractivity contribution is -0.151. The fraction of sp³-hybridized carbons (Fsp3) is 0.519. The number of benzene rings is 1. The molecular weight excluding hydrogens is 428 g/mol. The maximum Gasteiger partial charge on any atom is 0.323 e. The molecule has 0 aliphatic heterocycles. The van der Waals surface area contributed by atoms with E-state index in [1.165, 1.54) is 0 Å². The van der Waals surface area contributed by atoms with Crippen molar-refractivity contribution in [3.8, 4) is 11.4 Å². The van der Waals surface area contributed by atoms with Crippen molar-refractivity contribution >= 4 is 17.0 Å². The summed E-state index contributed by atoms with van der Waals surface area (Å²) in [5.74, 6) is 1.07. The van der Waals surface area contributed by atoms with Gasteiger partial charge in [-0.2, -0.15) is 0 Å². The third-order valence-electron chi connectivity index (χ3n) is 6.70. The fourth-order valence-electron chi connectivity index (χ4n) is 4.84. The van der Waals surface area contributed by atoms with Crippen LogP contribution in [0.4, 0.5) is 0 Å². The van der Waals surface area contributed by atoms with Crippen LogP contribution in [0.2, 0.25) is 0 Å². The lowest BCUT2D eigenvalue weighted by atomic mass is 10.0. The van der Waals surface area contributed by atoms with Gasteiger partial charge in [-0.15, -0.1) is 0 Å². The van der Waals surface area contributed by atoms with Crippen molar-refractivity contribution in [2.24, 2.45) is 20.0 Å². The Bertz CT molecular complexity index is 1210. The average Bonchev–Trinajstić information content (AvgIpc) is 3.42. The van der Waals surface area contributed by atoms with E-state index in [-0.39, 0.29) is 23.7 Å². The second kappa shape index (κ2) is 10.1. The fourth-order valence-corrected chi connectivity index (χ4v) is 4.84. The molecule has 34 heavy (non-hydrogen) atoms. The van der Waals surface area contributed by atoms with Crippen molar-refractivity contribution < 1.29 is 9.53 Å². The van der Waals surface area contributed by atoms with E-state index in [0.29, 0.717) is 18.0 Å².